The minimum atomic E-state index is 0.709. The van der Waals surface area contributed by atoms with Crippen LogP contribution in [-0.2, 0) is 0 Å². The predicted octanol–water partition coefficient (Wildman–Crippen LogP) is 4.41. The first-order chi connectivity index (χ1) is 11.2. The van der Waals surface area contributed by atoms with Crippen LogP contribution in [0.1, 0.15) is 31.4 Å². The molecule has 23 heavy (non-hydrogen) atoms. The van der Waals surface area contributed by atoms with E-state index in [0.717, 1.165) is 29.1 Å². The highest BCUT2D eigenvalue weighted by atomic mass is 15.0. The van der Waals surface area contributed by atoms with Gasteiger partial charge in [0.15, 0.2) is 5.84 Å². The zero-order valence-corrected chi connectivity index (χ0v) is 14.0. The molecule has 0 spiro atoms. The summed E-state index contributed by atoms with van der Waals surface area (Å²) in [5.41, 5.74) is 3.12. The van der Waals surface area contributed by atoms with E-state index >= 15 is 0 Å². The van der Waals surface area contributed by atoms with Crippen molar-refractivity contribution in [1.29, 1.82) is 0 Å². The zero-order valence-electron chi connectivity index (χ0n) is 14.0. The van der Waals surface area contributed by atoms with Crippen LogP contribution < -0.4 is 5.32 Å². The Labute approximate surface area is 138 Å². The van der Waals surface area contributed by atoms with E-state index in [1.807, 2.05) is 67.6 Å². The molecule has 3 nitrogen and oxygen atoms in total. The van der Waals surface area contributed by atoms with Gasteiger partial charge in [0.05, 0.1) is 0 Å². The molecule has 1 N–H and O–H groups in total. The molecule has 0 saturated heterocycles. The number of allylic oxidation sites excluding steroid dienone is 2. The van der Waals surface area contributed by atoms with Gasteiger partial charge in [-0.05, 0) is 13.3 Å². The highest BCUT2D eigenvalue weighted by molar-refractivity contribution is 6.11. The number of rotatable bonds is 4. The molecule has 0 amide bonds. The van der Waals surface area contributed by atoms with Gasteiger partial charge in [-0.2, -0.15) is 0 Å². The Morgan fingerprint density at radius 3 is 2.04 bits per heavy atom. The Balaban J connectivity index is 2.42. The van der Waals surface area contributed by atoms with Crippen molar-refractivity contribution in [3.63, 3.8) is 0 Å². The van der Waals surface area contributed by atoms with E-state index < -0.39 is 0 Å². The molecule has 0 aliphatic rings. The average molecular weight is 305 g/mol. The van der Waals surface area contributed by atoms with Crippen molar-refractivity contribution in [2.24, 2.45) is 9.98 Å². The minimum Gasteiger partial charge on any atom is -0.344 e. The number of nitrogens with zero attached hydrogens (tertiary/aromatic N) is 2. The predicted molar refractivity (Wildman–Crippen MR) is 99.1 cm³/mol. The van der Waals surface area contributed by atoms with E-state index in [4.69, 9.17) is 4.99 Å². The minimum absolute atomic E-state index is 0.709. The van der Waals surface area contributed by atoms with E-state index in [1.54, 1.807) is 7.05 Å². The largest absolute Gasteiger partial charge is 0.344 e. The summed E-state index contributed by atoms with van der Waals surface area (Å²) in [6, 6.07) is 20.1. The van der Waals surface area contributed by atoms with E-state index in [0.29, 0.717) is 5.84 Å². The fraction of sp³-hybridized carbons (Fsp3) is 0.200. The average Bonchev–Trinajstić information content (AvgIpc) is 2.60. The summed E-state index contributed by atoms with van der Waals surface area (Å²) in [5.74, 6) is 1.51. The Kier molecular flexibility index (Phi) is 6.30. The molecular formula is C20H23N3. The number of aliphatic imine (C=N–C) groups is 2. The molecule has 0 atom stereocenters. The van der Waals surface area contributed by atoms with Gasteiger partial charge in [0.25, 0.3) is 0 Å². The topological polar surface area (TPSA) is 36.8 Å². The van der Waals surface area contributed by atoms with Gasteiger partial charge in [-0.25, -0.2) is 4.99 Å². The van der Waals surface area contributed by atoms with E-state index in [-0.39, 0.29) is 0 Å². The molecule has 0 aromatic heterocycles. The number of hydrogen-bond acceptors (Lipinski definition) is 1. The molecule has 0 aliphatic carbocycles. The summed E-state index contributed by atoms with van der Waals surface area (Å²) in [6.45, 7) is 4.17. The molecule has 118 valence electrons. The van der Waals surface area contributed by atoms with Gasteiger partial charge in [-0.3, -0.25) is 4.99 Å². The van der Waals surface area contributed by atoms with Crippen LogP contribution >= 0.6 is 0 Å². The van der Waals surface area contributed by atoms with Gasteiger partial charge >= 0.3 is 0 Å². The molecule has 0 radical (unpaired) electrons. The lowest BCUT2D eigenvalue weighted by atomic mass is 10.2. The molecule has 0 aliphatic heterocycles. The standard InChI is InChI=1S/C20H23N3/c1-4-11-16(2)22-20(18-14-9-6-10-15-18)23-19(21-3)17-12-7-5-8-13-17/h5-15H,4H2,1-3H3,(H,21,22,23)/b16-11+. The fourth-order valence-corrected chi connectivity index (χ4v) is 2.24. The maximum absolute atomic E-state index is 4.77. The van der Waals surface area contributed by atoms with Crippen molar-refractivity contribution in [1.82, 2.24) is 5.32 Å². The molecule has 3 heteroatoms. The number of benzene rings is 2. The van der Waals surface area contributed by atoms with E-state index in [9.17, 15) is 0 Å². The van der Waals surface area contributed by atoms with E-state index in [2.05, 4.69) is 23.3 Å². The summed E-state index contributed by atoms with van der Waals surface area (Å²) in [4.78, 5) is 9.12. The second-order valence-corrected chi connectivity index (χ2v) is 5.16. The van der Waals surface area contributed by atoms with Crippen LogP contribution in [0.3, 0.4) is 0 Å². The Morgan fingerprint density at radius 1 is 0.957 bits per heavy atom. The lowest BCUT2D eigenvalue weighted by molar-refractivity contribution is 1.06. The van der Waals surface area contributed by atoms with Crippen LogP contribution in [0, 0.1) is 0 Å². The smallest absolute Gasteiger partial charge is 0.156 e. The molecule has 0 saturated carbocycles. The molecule has 2 rings (SSSR count). The SMILES string of the molecule is CC/C=C(\C)NC(=NC(=NC)c1ccccc1)c1ccccc1. The second kappa shape index (κ2) is 8.69. The van der Waals surface area contributed by atoms with Crippen molar-refractivity contribution in [3.05, 3.63) is 83.6 Å². The number of hydrogen-bond donors (Lipinski definition) is 1. The molecular weight excluding hydrogens is 282 g/mol. The quantitative estimate of drug-likeness (QED) is 0.659. The zero-order chi connectivity index (χ0) is 16.5. The van der Waals surface area contributed by atoms with Gasteiger partial charge < -0.3 is 5.32 Å². The Hall–Kier alpha value is -2.68. The normalized spacial score (nSPS) is 13.1. The highest BCUT2D eigenvalue weighted by Gasteiger charge is 2.07. The van der Waals surface area contributed by atoms with Crippen LogP contribution in [0.4, 0.5) is 0 Å². The summed E-state index contributed by atoms with van der Waals surface area (Å²) in [5, 5.41) is 3.40. The summed E-state index contributed by atoms with van der Waals surface area (Å²) < 4.78 is 0. The van der Waals surface area contributed by atoms with Crippen molar-refractivity contribution < 1.29 is 0 Å². The molecule has 0 bridgehead atoms. The highest BCUT2D eigenvalue weighted by Crippen LogP contribution is 2.07. The maximum atomic E-state index is 4.77. The third-order valence-electron chi connectivity index (χ3n) is 3.33. The Bertz CT molecular complexity index is 698. The fourth-order valence-electron chi connectivity index (χ4n) is 2.24. The van der Waals surface area contributed by atoms with Crippen molar-refractivity contribution >= 4 is 11.7 Å². The van der Waals surface area contributed by atoms with Crippen LogP contribution in [0.2, 0.25) is 0 Å². The first-order valence-electron chi connectivity index (χ1n) is 7.84. The molecule has 0 unspecified atom stereocenters. The van der Waals surface area contributed by atoms with Gasteiger partial charge in [0.2, 0.25) is 0 Å². The molecule has 0 heterocycles. The molecule has 2 aromatic rings. The molecule has 2 aromatic carbocycles. The van der Waals surface area contributed by atoms with Gasteiger partial charge in [0, 0.05) is 23.9 Å². The third-order valence-corrected chi connectivity index (χ3v) is 3.33. The second-order valence-electron chi connectivity index (χ2n) is 5.16. The number of amidine groups is 2. The lowest BCUT2D eigenvalue weighted by Crippen LogP contribution is -2.24. The Morgan fingerprint density at radius 2 is 1.52 bits per heavy atom. The number of nitrogens with one attached hydrogen (secondary N) is 1. The van der Waals surface area contributed by atoms with Crippen LogP contribution in [0.15, 0.2) is 82.4 Å². The summed E-state index contributed by atoms with van der Waals surface area (Å²) >= 11 is 0. The third kappa shape index (κ3) is 4.92. The monoisotopic (exact) mass is 305 g/mol. The van der Waals surface area contributed by atoms with Gasteiger partial charge in [-0.1, -0.05) is 73.7 Å². The first kappa shape index (κ1) is 16.7. The van der Waals surface area contributed by atoms with Crippen LogP contribution in [0.25, 0.3) is 0 Å². The first-order valence-corrected chi connectivity index (χ1v) is 7.84. The van der Waals surface area contributed by atoms with Crippen LogP contribution in [-0.4, -0.2) is 18.7 Å². The maximum Gasteiger partial charge on any atom is 0.156 e. The van der Waals surface area contributed by atoms with E-state index in [1.165, 1.54) is 0 Å². The van der Waals surface area contributed by atoms with Gasteiger partial charge in [-0.15, -0.1) is 0 Å². The van der Waals surface area contributed by atoms with Crippen molar-refractivity contribution in [2.45, 2.75) is 20.3 Å². The van der Waals surface area contributed by atoms with Gasteiger partial charge in [0.1, 0.15) is 5.84 Å². The van der Waals surface area contributed by atoms with Crippen molar-refractivity contribution in [3.8, 4) is 0 Å². The summed E-state index contributed by atoms with van der Waals surface area (Å²) in [6.07, 6.45) is 3.12. The summed E-state index contributed by atoms with van der Waals surface area (Å²) in [7, 11) is 1.77. The van der Waals surface area contributed by atoms with Crippen LogP contribution in [0.5, 0.6) is 0 Å². The van der Waals surface area contributed by atoms with Crippen molar-refractivity contribution in [2.75, 3.05) is 7.05 Å². The molecule has 0 fully saturated rings. The lowest BCUT2D eigenvalue weighted by Gasteiger charge is -2.12.